The second-order valence-corrected chi connectivity index (χ2v) is 11.2. The molecule has 1 saturated heterocycles. The van der Waals surface area contributed by atoms with Crippen molar-refractivity contribution in [2.24, 2.45) is 5.92 Å². The van der Waals surface area contributed by atoms with E-state index in [4.69, 9.17) is 14.7 Å². The van der Waals surface area contributed by atoms with Crippen LogP contribution >= 0.6 is 0 Å². The van der Waals surface area contributed by atoms with E-state index in [-0.39, 0.29) is 11.9 Å². The first kappa shape index (κ1) is 29.2. The van der Waals surface area contributed by atoms with Crippen molar-refractivity contribution in [3.05, 3.63) is 48.0 Å². The number of imidazole rings is 1. The zero-order valence-corrected chi connectivity index (χ0v) is 24.1. The number of ether oxygens (including phenoxy) is 1. The number of rotatable bonds is 10. The minimum absolute atomic E-state index is 0.0922. The summed E-state index contributed by atoms with van der Waals surface area (Å²) in [5, 5.41) is 12.8. The summed E-state index contributed by atoms with van der Waals surface area (Å²) in [4.78, 5) is 18.4. The number of morpholine rings is 1. The summed E-state index contributed by atoms with van der Waals surface area (Å²) in [6.45, 7) is 10.4. The fourth-order valence-corrected chi connectivity index (χ4v) is 6.07. The number of para-hydroxylation sites is 2. The number of aliphatic hydroxyl groups excluding tert-OH is 1. The van der Waals surface area contributed by atoms with Gasteiger partial charge < -0.3 is 20.1 Å². The standard InChI is InChI=1S/C30H41F2N7O2/c1-4-37(17-20(2)18-40)23-11-9-22(10-12-23)16-33-30-35-26(38-13-14-41-19-21(38)3)15-27(36-30)39-25-8-6-5-7-24(25)34-29(39)28(31)32/h5-8,15,18,21-23,28,40H,4,9-14,16-17,19H2,1-3H3,(H,33,35,36)/b20-18+/t21-,22?,23?/m0/s1. The molecule has 9 nitrogen and oxygen atoms in total. The number of nitrogens with zero attached hydrogens (tertiary/aromatic N) is 6. The van der Waals surface area contributed by atoms with Crippen molar-refractivity contribution in [3.8, 4) is 5.82 Å². The van der Waals surface area contributed by atoms with Crippen molar-refractivity contribution in [1.29, 1.82) is 0 Å². The molecule has 1 saturated carbocycles. The van der Waals surface area contributed by atoms with Gasteiger partial charge in [0.2, 0.25) is 5.95 Å². The topological polar surface area (TPSA) is 91.6 Å². The Morgan fingerprint density at radius 1 is 1.17 bits per heavy atom. The predicted octanol–water partition coefficient (Wildman–Crippen LogP) is 5.73. The van der Waals surface area contributed by atoms with E-state index in [1.165, 1.54) is 10.8 Å². The molecule has 41 heavy (non-hydrogen) atoms. The summed E-state index contributed by atoms with van der Waals surface area (Å²) in [5.74, 6) is 1.61. The van der Waals surface area contributed by atoms with Crippen LogP contribution in [0.1, 0.15) is 58.7 Å². The Morgan fingerprint density at radius 3 is 2.63 bits per heavy atom. The number of hydrogen-bond acceptors (Lipinski definition) is 8. The number of aliphatic hydroxyl groups is 1. The van der Waals surface area contributed by atoms with Gasteiger partial charge in [0.05, 0.1) is 36.6 Å². The number of hydrogen-bond donors (Lipinski definition) is 2. The second-order valence-electron chi connectivity index (χ2n) is 11.2. The quantitative estimate of drug-likeness (QED) is 0.299. The van der Waals surface area contributed by atoms with E-state index < -0.39 is 6.43 Å². The van der Waals surface area contributed by atoms with Crippen molar-refractivity contribution in [2.45, 2.75) is 65.0 Å². The Kier molecular flexibility index (Phi) is 9.34. The molecular weight excluding hydrogens is 528 g/mol. The van der Waals surface area contributed by atoms with E-state index >= 15 is 0 Å². The van der Waals surface area contributed by atoms with Crippen LogP contribution < -0.4 is 10.2 Å². The maximum atomic E-state index is 14.2. The molecule has 5 rings (SSSR count). The summed E-state index contributed by atoms with van der Waals surface area (Å²) in [6, 6.07) is 9.51. The van der Waals surface area contributed by atoms with Gasteiger partial charge in [-0.2, -0.15) is 9.97 Å². The number of aromatic nitrogens is 4. The minimum atomic E-state index is -2.76. The summed E-state index contributed by atoms with van der Waals surface area (Å²) in [7, 11) is 0. The van der Waals surface area contributed by atoms with E-state index in [0.717, 1.165) is 44.3 Å². The van der Waals surface area contributed by atoms with Gasteiger partial charge >= 0.3 is 0 Å². The molecule has 2 N–H and O–H groups in total. The Balaban J connectivity index is 1.38. The Bertz CT molecular complexity index is 1340. The number of anilines is 2. The molecule has 0 bridgehead atoms. The fourth-order valence-electron chi connectivity index (χ4n) is 6.07. The van der Waals surface area contributed by atoms with Crippen molar-refractivity contribution in [3.63, 3.8) is 0 Å². The second kappa shape index (κ2) is 13.1. The molecule has 222 valence electrons. The van der Waals surface area contributed by atoms with Crippen LogP contribution in [0.25, 0.3) is 16.9 Å². The van der Waals surface area contributed by atoms with Gasteiger partial charge in [0, 0.05) is 31.7 Å². The highest BCUT2D eigenvalue weighted by molar-refractivity contribution is 5.78. The maximum Gasteiger partial charge on any atom is 0.296 e. The lowest BCUT2D eigenvalue weighted by atomic mass is 9.85. The van der Waals surface area contributed by atoms with Gasteiger partial charge in [-0.05, 0) is 69.7 Å². The van der Waals surface area contributed by atoms with Gasteiger partial charge in [-0.15, -0.1) is 0 Å². The predicted molar refractivity (Wildman–Crippen MR) is 157 cm³/mol. The number of likely N-dealkylation sites (N-methyl/N-ethyl adjacent to an activating group) is 1. The third-order valence-electron chi connectivity index (χ3n) is 8.33. The SMILES string of the molecule is CCN(C/C(C)=C/O)C1CCC(CNc2nc(N3CCOC[C@@H]3C)cc(-n3c(C(F)F)nc4ccccc43)n2)CC1. The summed E-state index contributed by atoms with van der Waals surface area (Å²) < 4.78 is 35.4. The highest BCUT2D eigenvalue weighted by atomic mass is 19.3. The first-order chi connectivity index (χ1) is 19.9. The van der Waals surface area contributed by atoms with Crippen LogP contribution in [0.2, 0.25) is 0 Å². The van der Waals surface area contributed by atoms with Gasteiger partial charge in [0.25, 0.3) is 6.43 Å². The molecule has 1 atom stereocenters. The molecular formula is C30H41F2N7O2. The van der Waals surface area contributed by atoms with Crippen LogP contribution in [0, 0.1) is 5.92 Å². The van der Waals surface area contributed by atoms with Crippen LogP contribution in [0.15, 0.2) is 42.2 Å². The highest BCUT2D eigenvalue weighted by Crippen LogP contribution is 2.31. The van der Waals surface area contributed by atoms with Crippen molar-refractivity contribution < 1.29 is 18.6 Å². The summed E-state index contributed by atoms with van der Waals surface area (Å²) >= 11 is 0. The Hall–Kier alpha value is -3.31. The third-order valence-corrected chi connectivity index (χ3v) is 8.33. The Morgan fingerprint density at radius 2 is 1.93 bits per heavy atom. The lowest BCUT2D eigenvalue weighted by Crippen LogP contribution is -2.44. The normalized spacial score (nSPS) is 22.2. The average Bonchev–Trinajstić information content (AvgIpc) is 3.39. The van der Waals surface area contributed by atoms with E-state index in [9.17, 15) is 13.9 Å². The molecule has 0 unspecified atom stereocenters. The van der Waals surface area contributed by atoms with Crippen molar-refractivity contribution in [2.75, 3.05) is 49.6 Å². The maximum absolute atomic E-state index is 14.2. The molecule has 1 aromatic carbocycles. The Labute approximate surface area is 240 Å². The number of benzene rings is 1. The van der Waals surface area contributed by atoms with Gasteiger partial charge in [-0.3, -0.25) is 9.47 Å². The van der Waals surface area contributed by atoms with Crippen molar-refractivity contribution >= 4 is 22.8 Å². The van der Waals surface area contributed by atoms with E-state index in [0.29, 0.717) is 66.9 Å². The molecule has 2 aromatic heterocycles. The molecule has 11 heteroatoms. The van der Waals surface area contributed by atoms with Gasteiger partial charge in [0.1, 0.15) is 11.6 Å². The average molecular weight is 570 g/mol. The zero-order chi connectivity index (χ0) is 28.9. The van der Waals surface area contributed by atoms with Crippen LogP contribution in [0.3, 0.4) is 0 Å². The van der Waals surface area contributed by atoms with E-state index in [1.807, 2.05) is 13.0 Å². The minimum Gasteiger partial charge on any atom is -0.516 e. The van der Waals surface area contributed by atoms with Gasteiger partial charge in [-0.1, -0.05) is 19.1 Å². The summed E-state index contributed by atoms with van der Waals surface area (Å²) in [5.41, 5.74) is 2.05. The van der Waals surface area contributed by atoms with E-state index in [2.05, 4.69) is 33.9 Å². The van der Waals surface area contributed by atoms with Crippen LogP contribution in [0.5, 0.6) is 0 Å². The molecule has 3 aromatic rings. The highest BCUT2D eigenvalue weighted by Gasteiger charge is 2.27. The molecule has 0 radical (unpaired) electrons. The monoisotopic (exact) mass is 569 g/mol. The number of alkyl halides is 2. The molecule has 0 spiro atoms. The van der Waals surface area contributed by atoms with Crippen LogP contribution in [-0.4, -0.2) is 81.0 Å². The molecule has 3 heterocycles. The molecule has 1 aliphatic carbocycles. The molecule has 2 aliphatic rings. The summed E-state index contributed by atoms with van der Waals surface area (Å²) in [6.07, 6.45) is 2.78. The van der Waals surface area contributed by atoms with Gasteiger partial charge in [0.15, 0.2) is 5.82 Å². The number of halogens is 2. The van der Waals surface area contributed by atoms with Crippen LogP contribution in [-0.2, 0) is 4.74 Å². The number of nitrogens with one attached hydrogen (secondary N) is 1. The number of fused-ring (bicyclic) bond motifs is 1. The first-order valence-corrected chi connectivity index (χ1v) is 14.6. The third kappa shape index (κ3) is 6.62. The lowest BCUT2D eigenvalue weighted by molar-refractivity contribution is 0.0985. The first-order valence-electron chi connectivity index (χ1n) is 14.6. The zero-order valence-electron chi connectivity index (χ0n) is 24.1. The molecule has 2 fully saturated rings. The van der Waals surface area contributed by atoms with Gasteiger partial charge in [-0.25, -0.2) is 13.8 Å². The molecule has 1 aliphatic heterocycles. The largest absolute Gasteiger partial charge is 0.516 e. The van der Waals surface area contributed by atoms with Crippen LogP contribution in [0.4, 0.5) is 20.5 Å². The smallest absolute Gasteiger partial charge is 0.296 e. The van der Waals surface area contributed by atoms with E-state index in [1.54, 1.807) is 24.3 Å². The lowest BCUT2D eigenvalue weighted by Gasteiger charge is -2.36. The van der Waals surface area contributed by atoms with Crippen molar-refractivity contribution in [1.82, 2.24) is 24.4 Å². The molecule has 0 amide bonds. The fraction of sp³-hybridized carbons (Fsp3) is 0.567.